The summed E-state index contributed by atoms with van der Waals surface area (Å²) in [6, 6.07) is 6.80. The molecule has 1 N–H and O–H groups in total. The lowest BCUT2D eigenvalue weighted by molar-refractivity contribution is 0.199. The van der Waals surface area contributed by atoms with Crippen LogP contribution in [0.15, 0.2) is 18.2 Å². The number of rotatable bonds is 1. The summed E-state index contributed by atoms with van der Waals surface area (Å²) in [5.41, 5.74) is 1.15. The molecule has 0 amide bonds. The van der Waals surface area contributed by atoms with Crippen molar-refractivity contribution >= 4 is 11.6 Å². The van der Waals surface area contributed by atoms with Crippen LogP contribution in [0.2, 0.25) is 5.02 Å². The lowest BCUT2D eigenvalue weighted by Gasteiger charge is -2.06. The highest BCUT2D eigenvalue weighted by atomic mass is 35.5. The number of aliphatic hydroxyl groups excluding tert-OH is 1. The molecule has 0 heterocycles. The van der Waals surface area contributed by atoms with Crippen molar-refractivity contribution in [3.8, 4) is 6.07 Å². The van der Waals surface area contributed by atoms with E-state index < -0.39 is 6.10 Å². The summed E-state index contributed by atoms with van der Waals surface area (Å²) >= 11 is 5.79. The fourth-order valence-corrected chi connectivity index (χ4v) is 1.27. The van der Waals surface area contributed by atoms with E-state index in [1.54, 1.807) is 25.1 Å². The first kappa shape index (κ1) is 9.05. The molecule has 62 valence electrons. The molecule has 1 aromatic rings. The lowest BCUT2D eigenvalue weighted by Crippen LogP contribution is -1.92. The third kappa shape index (κ3) is 1.76. The predicted molar refractivity (Wildman–Crippen MR) is 46.8 cm³/mol. The first-order chi connectivity index (χ1) is 5.65. The van der Waals surface area contributed by atoms with Crippen molar-refractivity contribution in [2.45, 2.75) is 13.0 Å². The van der Waals surface area contributed by atoms with Crippen LogP contribution in [0.1, 0.15) is 24.2 Å². The predicted octanol–water partition coefficient (Wildman–Crippen LogP) is 2.26. The van der Waals surface area contributed by atoms with Crippen molar-refractivity contribution in [1.29, 1.82) is 5.26 Å². The summed E-state index contributed by atoms with van der Waals surface area (Å²) in [6.45, 7) is 1.63. The maximum absolute atomic E-state index is 9.20. The largest absolute Gasteiger partial charge is 0.389 e. The number of nitrogens with zero attached hydrogens (tertiary/aromatic N) is 1. The fourth-order valence-electron chi connectivity index (χ4n) is 0.935. The van der Waals surface area contributed by atoms with Gasteiger partial charge in [-0.3, -0.25) is 0 Å². The molecule has 0 bridgehead atoms. The smallest absolute Gasteiger partial charge is 0.0992 e. The monoisotopic (exact) mass is 181 g/mol. The highest BCUT2D eigenvalue weighted by Crippen LogP contribution is 2.23. The van der Waals surface area contributed by atoms with Crippen LogP contribution >= 0.6 is 11.6 Å². The van der Waals surface area contributed by atoms with E-state index in [2.05, 4.69) is 0 Å². The first-order valence-corrected chi connectivity index (χ1v) is 3.90. The van der Waals surface area contributed by atoms with Gasteiger partial charge < -0.3 is 5.11 Å². The van der Waals surface area contributed by atoms with Gasteiger partial charge in [0.05, 0.1) is 17.7 Å². The van der Waals surface area contributed by atoms with Gasteiger partial charge in [-0.2, -0.15) is 5.26 Å². The van der Waals surface area contributed by atoms with E-state index in [-0.39, 0.29) is 0 Å². The summed E-state index contributed by atoms with van der Waals surface area (Å²) in [5, 5.41) is 18.2. The second kappa shape index (κ2) is 3.57. The van der Waals surface area contributed by atoms with Gasteiger partial charge in [-0.1, -0.05) is 17.7 Å². The van der Waals surface area contributed by atoms with E-state index in [9.17, 15) is 5.11 Å². The number of benzene rings is 1. The molecule has 0 radical (unpaired) electrons. The highest BCUT2D eigenvalue weighted by molar-refractivity contribution is 6.31. The number of halogens is 1. The maximum atomic E-state index is 9.20. The SMILES string of the molecule is CC(O)c1ccc(C#N)cc1Cl. The molecule has 12 heavy (non-hydrogen) atoms. The Hall–Kier alpha value is -1.04. The van der Waals surface area contributed by atoms with Crippen LogP contribution in [0, 0.1) is 11.3 Å². The van der Waals surface area contributed by atoms with Gasteiger partial charge >= 0.3 is 0 Å². The van der Waals surface area contributed by atoms with E-state index in [4.69, 9.17) is 16.9 Å². The number of nitriles is 1. The van der Waals surface area contributed by atoms with Crippen molar-refractivity contribution in [2.75, 3.05) is 0 Å². The van der Waals surface area contributed by atoms with Gasteiger partial charge in [-0.05, 0) is 24.6 Å². The van der Waals surface area contributed by atoms with Crippen LogP contribution < -0.4 is 0 Å². The number of hydrogen-bond acceptors (Lipinski definition) is 2. The Morgan fingerprint density at radius 1 is 1.58 bits per heavy atom. The van der Waals surface area contributed by atoms with Gasteiger partial charge in [0.25, 0.3) is 0 Å². The van der Waals surface area contributed by atoms with Crippen molar-refractivity contribution in [3.05, 3.63) is 34.3 Å². The zero-order valence-electron chi connectivity index (χ0n) is 6.58. The van der Waals surface area contributed by atoms with Gasteiger partial charge in [-0.25, -0.2) is 0 Å². The van der Waals surface area contributed by atoms with Crippen LogP contribution in [0.4, 0.5) is 0 Å². The molecule has 0 saturated carbocycles. The normalized spacial score (nSPS) is 12.2. The van der Waals surface area contributed by atoms with Crippen molar-refractivity contribution in [3.63, 3.8) is 0 Å². The maximum Gasteiger partial charge on any atom is 0.0992 e. The second-order valence-electron chi connectivity index (χ2n) is 2.52. The number of aliphatic hydroxyl groups is 1. The Labute approximate surface area is 76.0 Å². The molecule has 1 rings (SSSR count). The molecule has 1 unspecified atom stereocenters. The van der Waals surface area contributed by atoms with Crippen LogP contribution in [0.25, 0.3) is 0 Å². The Balaban J connectivity index is 3.14. The summed E-state index contributed by atoms with van der Waals surface area (Å²) in [6.07, 6.45) is -0.592. The Morgan fingerprint density at radius 2 is 2.25 bits per heavy atom. The van der Waals surface area contributed by atoms with Crippen LogP contribution in [0.3, 0.4) is 0 Å². The molecular formula is C9H8ClNO. The molecular weight excluding hydrogens is 174 g/mol. The van der Waals surface area contributed by atoms with Gasteiger partial charge in [0.1, 0.15) is 0 Å². The Bertz CT molecular complexity index is 328. The quantitative estimate of drug-likeness (QED) is 0.722. The van der Waals surface area contributed by atoms with E-state index in [0.29, 0.717) is 16.1 Å². The minimum atomic E-state index is -0.592. The summed E-state index contributed by atoms with van der Waals surface area (Å²) in [5.74, 6) is 0. The van der Waals surface area contributed by atoms with E-state index in [1.807, 2.05) is 6.07 Å². The zero-order valence-corrected chi connectivity index (χ0v) is 7.34. The Morgan fingerprint density at radius 3 is 2.67 bits per heavy atom. The van der Waals surface area contributed by atoms with Crippen molar-refractivity contribution in [1.82, 2.24) is 0 Å². The average Bonchev–Trinajstić information content (AvgIpc) is 2.03. The third-order valence-electron chi connectivity index (χ3n) is 1.58. The van der Waals surface area contributed by atoms with E-state index >= 15 is 0 Å². The molecule has 1 atom stereocenters. The molecule has 0 aliphatic rings. The average molecular weight is 182 g/mol. The molecule has 0 fully saturated rings. The highest BCUT2D eigenvalue weighted by Gasteiger charge is 2.06. The second-order valence-corrected chi connectivity index (χ2v) is 2.93. The molecule has 0 aliphatic heterocycles. The minimum absolute atomic E-state index is 0.434. The molecule has 2 nitrogen and oxygen atoms in total. The topological polar surface area (TPSA) is 44.0 Å². The number of hydrogen-bond donors (Lipinski definition) is 1. The molecule has 0 saturated heterocycles. The molecule has 0 aromatic heterocycles. The summed E-state index contributed by atoms with van der Waals surface area (Å²) < 4.78 is 0. The summed E-state index contributed by atoms with van der Waals surface area (Å²) in [4.78, 5) is 0. The van der Waals surface area contributed by atoms with Gasteiger partial charge in [0.15, 0.2) is 0 Å². The fraction of sp³-hybridized carbons (Fsp3) is 0.222. The first-order valence-electron chi connectivity index (χ1n) is 3.52. The van der Waals surface area contributed by atoms with Crippen molar-refractivity contribution < 1.29 is 5.11 Å². The van der Waals surface area contributed by atoms with Crippen molar-refractivity contribution in [2.24, 2.45) is 0 Å². The van der Waals surface area contributed by atoms with Gasteiger partial charge in [0, 0.05) is 5.02 Å². The standard InChI is InChI=1S/C9H8ClNO/c1-6(12)8-3-2-7(5-11)4-9(8)10/h2-4,6,12H,1H3. The molecule has 1 aromatic carbocycles. The minimum Gasteiger partial charge on any atom is -0.389 e. The van der Waals surface area contributed by atoms with Crippen LogP contribution in [-0.2, 0) is 0 Å². The lowest BCUT2D eigenvalue weighted by atomic mass is 10.1. The van der Waals surface area contributed by atoms with Gasteiger partial charge in [-0.15, -0.1) is 0 Å². The zero-order chi connectivity index (χ0) is 9.14. The van der Waals surface area contributed by atoms with Crippen LogP contribution in [0.5, 0.6) is 0 Å². The van der Waals surface area contributed by atoms with E-state index in [1.165, 1.54) is 0 Å². The molecule has 0 spiro atoms. The Kier molecular flexibility index (Phi) is 2.69. The third-order valence-corrected chi connectivity index (χ3v) is 1.91. The molecule has 0 aliphatic carbocycles. The molecule has 3 heteroatoms. The van der Waals surface area contributed by atoms with E-state index in [0.717, 1.165) is 0 Å². The van der Waals surface area contributed by atoms with Crippen LogP contribution in [-0.4, -0.2) is 5.11 Å². The summed E-state index contributed by atoms with van der Waals surface area (Å²) in [7, 11) is 0. The van der Waals surface area contributed by atoms with Gasteiger partial charge in [0.2, 0.25) is 0 Å².